The molecule has 0 aliphatic carbocycles. The Kier molecular flexibility index (Phi) is 12.9. The molecule has 0 radical (unpaired) electrons. The molecule has 7 nitrogen and oxygen atoms in total. The number of amides is 1. The van der Waals surface area contributed by atoms with Gasteiger partial charge in [-0.05, 0) is 24.8 Å². The summed E-state index contributed by atoms with van der Waals surface area (Å²) in [6.07, 6.45) is 3.13. The second-order valence-corrected chi connectivity index (χ2v) is 7.17. The van der Waals surface area contributed by atoms with Crippen LogP contribution in [0.25, 0.3) is 0 Å². The zero-order valence-corrected chi connectivity index (χ0v) is 20.1. The number of likely N-dealkylation sites (N-methyl/N-ethyl adjacent to an activating group) is 1. The van der Waals surface area contributed by atoms with Crippen LogP contribution in [0.1, 0.15) is 24.8 Å². The molecule has 1 N–H and O–H groups in total. The van der Waals surface area contributed by atoms with E-state index in [0.717, 1.165) is 57.1 Å². The summed E-state index contributed by atoms with van der Waals surface area (Å²) in [4.78, 5) is 20.6. The topological polar surface area (TPSA) is 66.4 Å². The Bertz CT molecular complexity index is 605. The number of rotatable bonds is 9. The number of benzene rings is 1. The fourth-order valence-electron chi connectivity index (χ4n) is 3.02. The van der Waals surface area contributed by atoms with Gasteiger partial charge in [-0.15, -0.1) is 24.0 Å². The highest BCUT2D eigenvalue weighted by Gasteiger charge is 2.22. The van der Waals surface area contributed by atoms with Crippen molar-refractivity contribution in [3.05, 3.63) is 35.9 Å². The zero-order chi connectivity index (χ0) is 20.2. The summed E-state index contributed by atoms with van der Waals surface area (Å²) in [7, 11) is 5.23. The fraction of sp³-hybridized carbons (Fsp3) is 0.619. The van der Waals surface area contributed by atoms with E-state index < -0.39 is 0 Å². The van der Waals surface area contributed by atoms with E-state index in [2.05, 4.69) is 22.3 Å². The van der Waals surface area contributed by atoms with Crippen molar-refractivity contribution >= 4 is 35.8 Å². The zero-order valence-electron chi connectivity index (χ0n) is 17.8. The van der Waals surface area contributed by atoms with E-state index in [-0.39, 0.29) is 42.5 Å². The van der Waals surface area contributed by atoms with Gasteiger partial charge in [0.2, 0.25) is 5.91 Å². The number of hydrogen-bond acceptors (Lipinski definition) is 4. The van der Waals surface area contributed by atoms with Gasteiger partial charge in [0.25, 0.3) is 0 Å². The Morgan fingerprint density at radius 3 is 2.52 bits per heavy atom. The molecule has 1 aliphatic heterocycles. The number of hydrogen-bond donors (Lipinski definition) is 1. The number of carbonyl (C=O) groups excluding carboxylic acids is 1. The van der Waals surface area contributed by atoms with E-state index in [0.29, 0.717) is 6.54 Å². The van der Waals surface area contributed by atoms with E-state index in [1.54, 1.807) is 26.1 Å². The lowest BCUT2D eigenvalue weighted by Crippen LogP contribution is -2.49. The van der Waals surface area contributed by atoms with Crippen molar-refractivity contribution in [1.82, 2.24) is 15.1 Å². The molecule has 1 aliphatic rings. The molecule has 0 unspecified atom stereocenters. The van der Waals surface area contributed by atoms with Crippen molar-refractivity contribution in [2.45, 2.75) is 31.9 Å². The number of halogens is 1. The van der Waals surface area contributed by atoms with Crippen LogP contribution in [-0.4, -0.2) is 81.8 Å². The monoisotopic (exact) mass is 518 g/mol. The van der Waals surface area contributed by atoms with Crippen LogP contribution >= 0.6 is 24.0 Å². The molecule has 0 aromatic heterocycles. The Morgan fingerprint density at radius 1 is 1.21 bits per heavy atom. The predicted octanol–water partition coefficient (Wildman–Crippen LogP) is 2.36. The van der Waals surface area contributed by atoms with Crippen LogP contribution in [0.5, 0.6) is 0 Å². The standard InChI is InChI=1S/C21H34N4O3.HI/c1-24(2)20(26)17-23-21(22-16-18-8-5-4-6-9-18)25-12-10-19(11-13-25)28-15-7-14-27-3;/h4-6,8-9,19H,7,10-17H2,1-3H3,(H,22,23);1H. The first kappa shape index (κ1) is 25.6. The average molecular weight is 518 g/mol. The number of likely N-dealkylation sites (tertiary alicyclic amines) is 1. The largest absolute Gasteiger partial charge is 0.385 e. The van der Waals surface area contributed by atoms with E-state index in [1.165, 1.54) is 0 Å². The molecule has 164 valence electrons. The van der Waals surface area contributed by atoms with E-state index in [4.69, 9.17) is 14.5 Å². The van der Waals surface area contributed by atoms with E-state index in [9.17, 15) is 4.79 Å². The van der Waals surface area contributed by atoms with E-state index in [1.807, 2.05) is 18.2 Å². The molecular weight excluding hydrogens is 483 g/mol. The lowest BCUT2D eigenvalue weighted by atomic mass is 10.1. The molecule has 8 heteroatoms. The second-order valence-electron chi connectivity index (χ2n) is 7.17. The molecule has 0 atom stereocenters. The predicted molar refractivity (Wildman–Crippen MR) is 127 cm³/mol. The molecule has 29 heavy (non-hydrogen) atoms. The molecule has 1 aromatic carbocycles. The SMILES string of the molecule is COCCCOC1CCN(C(=NCc2ccccc2)NCC(=O)N(C)C)CC1.I. The Hall–Kier alpha value is -1.39. The third kappa shape index (κ3) is 9.77. The summed E-state index contributed by atoms with van der Waals surface area (Å²) in [6.45, 7) is 4.04. The molecule has 1 aromatic rings. The number of piperidine rings is 1. The van der Waals surface area contributed by atoms with Gasteiger partial charge < -0.3 is 24.6 Å². The summed E-state index contributed by atoms with van der Waals surface area (Å²) < 4.78 is 11.0. The first-order chi connectivity index (χ1) is 13.6. The van der Waals surface area contributed by atoms with Crippen molar-refractivity contribution in [3.63, 3.8) is 0 Å². The minimum atomic E-state index is 0. The maximum Gasteiger partial charge on any atom is 0.241 e. The van der Waals surface area contributed by atoms with Crippen LogP contribution in [0.15, 0.2) is 35.3 Å². The van der Waals surface area contributed by atoms with Gasteiger partial charge in [-0.1, -0.05) is 30.3 Å². The van der Waals surface area contributed by atoms with Crippen molar-refractivity contribution in [2.24, 2.45) is 4.99 Å². The summed E-state index contributed by atoms with van der Waals surface area (Å²) in [5, 5.41) is 3.24. The quantitative estimate of drug-likeness (QED) is 0.236. The Balaban J connectivity index is 0.00000420. The highest BCUT2D eigenvalue weighted by Crippen LogP contribution is 2.14. The smallest absolute Gasteiger partial charge is 0.241 e. The van der Waals surface area contributed by atoms with Crippen LogP contribution < -0.4 is 5.32 Å². The third-order valence-corrected chi connectivity index (χ3v) is 4.74. The molecule has 2 rings (SSSR count). The van der Waals surface area contributed by atoms with Crippen LogP contribution in [-0.2, 0) is 20.8 Å². The number of aliphatic imine (C=N–C) groups is 1. The number of nitrogens with zero attached hydrogens (tertiary/aromatic N) is 3. The first-order valence-electron chi connectivity index (χ1n) is 9.98. The minimum absolute atomic E-state index is 0. The highest BCUT2D eigenvalue weighted by molar-refractivity contribution is 14.0. The fourth-order valence-corrected chi connectivity index (χ4v) is 3.02. The lowest BCUT2D eigenvalue weighted by molar-refractivity contribution is -0.127. The van der Waals surface area contributed by atoms with Gasteiger partial charge in [-0.25, -0.2) is 4.99 Å². The molecule has 0 bridgehead atoms. The number of methoxy groups -OCH3 is 1. The number of nitrogens with one attached hydrogen (secondary N) is 1. The van der Waals surface area contributed by atoms with Crippen molar-refractivity contribution < 1.29 is 14.3 Å². The summed E-state index contributed by atoms with van der Waals surface area (Å²) >= 11 is 0. The van der Waals surface area contributed by atoms with Gasteiger partial charge in [-0.3, -0.25) is 4.79 Å². The summed E-state index contributed by atoms with van der Waals surface area (Å²) in [5.74, 6) is 0.820. The van der Waals surface area contributed by atoms with Crippen LogP contribution in [0.2, 0.25) is 0 Å². The van der Waals surface area contributed by atoms with Crippen molar-refractivity contribution in [1.29, 1.82) is 0 Å². The van der Waals surface area contributed by atoms with Gasteiger partial charge in [-0.2, -0.15) is 0 Å². The lowest BCUT2D eigenvalue weighted by Gasteiger charge is -2.34. The summed E-state index contributed by atoms with van der Waals surface area (Å²) in [5.41, 5.74) is 1.15. The van der Waals surface area contributed by atoms with Gasteiger partial charge in [0.1, 0.15) is 0 Å². The molecule has 1 fully saturated rings. The summed E-state index contributed by atoms with van der Waals surface area (Å²) in [6, 6.07) is 10.2. The normalized spacial score (nSPS) is 15.0. The van der Waals surface area contributed by atoms with Crippen molar-refractivity contribution in [3.8, 4) is 0 Å². The van der Waals surface area contributed by atoms with Gasteiger partial charge in [0.15, 0.2) is 5.96 Å². The maximum absolute atomic E-state index is 12.0. The third-order valence-electron chi connectivity index (χ3n) is 4.74. The van der Waals surface area contributed by atoms with Gasteiger partial charge >= 0.3 is 0 Å². The molecule has 1 heterocycles. The molecule has 0 spiro atoms. The van der Waals surface area contributed by atoms with Crippen molar-refractivity contribution in [2.75, 3.05) is 54.1 Å². The first-order valence-corrected chi connectivity index (χ1v) is 9.98. The second kappa shape index (κ2) is 14.6. The van der Waals surface area contributed by atoms with Crippen LogP contribution in [0.4, 0.5) is 0 Å². The van der Waals surface area contributed by atoms with Crippen LogP contribution in [0.3, 0.4) is 0 Å². The number of ether oxygens (including phenoxy) is 2. The Morgan fingerprint density at radius 2 is 1.90 bits per heavy atom. The maximum atomic E-state index is 12.0. The van der Waals surface area contributed by atoms with E-state index >= 15 is 0 Å². The minimum Gasteiger partial charge on any atom is -0.385 e. The van der Waals surface area contributed by atoms with Gasteiger partial charge in [0.05, 0.1) is 19.2 Å². The molecule has 1 amide bonds. The average Bonchev–Trinajstić information content (AvgIpc) is 2.72. The van der Waals surface area contributed by atoms with Crippen LogP contribution in [0, 0.1) is 0 Å². The molecule has 1 saturated heterocycles. The Labute approximate surface area is 191 Å². The number of carbonyl (C=O) groups is 1. The highest BCUT2D eigenvalue weighted by atomic mass is 127. The molecule has 0 saturated carbocycles. The van der Waals surface area contributed by atoms with Gasteiger partial charge in [0, 0.05) is 47.5 Å². The molecular formula is C21H35IN4O3. The number of guanidine groups is 1.